The van der Waals surface area contributed by atoms with Crippen LogP contribution < -0.4 is 10.5 Å². The molecule has 1 aliphatic heterocycles. The Morgan fingerprint density at radius 1 is 1.78 bits per heavy atom. The summed E-state index contributed by atoms with van der Waals surface area (Å²) in [5.74, 6) is 0. The minimum Gasteiger partial charge on any atom is -0.279 e. The van der Waals surface area contributed by atoms with Crippen LogP contribution in [-0.2, 0) is 10.1 Å². The standard InChI is InChI=1S/C2H3N3O3S/c6-9(7,8)2-1-3-5-4-2/h1H,(H,3,5)(H,6,7,8)/q+1. The van der Waals surface area contributed by atoms with Gasteiger partial charge in [0.05, 0.1) is 5.11 Å². The van der Waals surface area contributed by atoms with Crippen molar-refractivity contribution >= 4 is 10.1 Å². The molecule has 1 radical (unpaired) electrons. The predicted molar refractivity (Wildman–Crippen MR) is 27.3 cm³/mol. The SMILES string of the molecule is O=S(=O)(O)C1=CNN=[N+]1. The van der Waals surface area contributed by atoms with E-state index >= 15 is 0 Å². The van der Waals surface area contributed by atoms with Gasteiger partial charge in [-0.3, -0.25) is 4.55 Å². The number of rotatable bonds is 1. The maximum atomic E-state index is 10.1. The van der Waals surface area contributed by atoms with Crippen LogP contribution in [0.25, 0.3) is 0 Å². The van der Waals surface area contributed by atoms with Crippen molar-refractivity contribution in [3.05, 3.63) is 11.2 Å². The van der Waals surface area contributed by atoms with Gasteiger partial charge in [0.25, 0.3) is 0 Å². The summed E-state index contributed by atoms with van der Waals surface area (Å²) >= 11 is 0. The van der Waals surface area contributed by atoms with Crippen molar-refractivity contribution in [2.45, 2.75) is 0 Å². The summed E-state index contributed by atoms with van der Waals surface area (Å²) in [6, 6.07) is 0. The first-order valence-electron chi connectivity index (χ1n) is 1.94. The average Bonchev–Trinajstić information content (AvgIpc) is 2.08. The lowest BCUT2D eigenvalue weighted by Crippen LogP contribution is -2.02. The fourth-order valence-electron chi connectivity index (χ4n) is 0.317. The number of hydrogen-bond acceptors (Lipinski definition) is 5. The first-order valence-corrected chi connectivity index (χ1v) is 3.38. The Morgan fingerprint density at radius 2 is 2.44 bits per heavy atom. The topological polar surface area (TPSA) is 92.9 Å². The molecule has 0 saturated heterocycles. The van der Waals surface area contributed by atoms with E-state index in [0.717, 1.165) is 6.20 Å². The van der Waals surface area contributed by atoms with Crippen molar-refractivity contribution in [3.63, 3.8) is 0 Å². The van der Waals surface area contributed by atoms with E-state index in [2.05, 4.69) is 15.8 Å². The monoisotopic (exact) mass is 149 g/mol. The molecule has 2 N–H and O–H groups in total. The summed E-state index contributed by atoms with van der Waals surface area (Å²) in [6.45, 7) is 0. The molecule has 1 rings (SSSR count). The second-order valence-corrected chi connectivity index (χ2v) is 2.66. The van der Waals surface area contributed by atoms with E-state index in [-0.39, 0.29) is 0 Å². The lowest BCUT2D eigenvalue weighted by molar-refractivity contribution is 0.489. The molecule has 0 aromatic carbocycles. The third-order valence-electron chi connectivity index (χ3n) is 0.659. The van der Waals surface area contributed by atoms with Gasteiger partial charge in [-0.1, -0.05) is 0 Å². The first kappa shape index (κ1) is 6.17. The second kappa shape index (κ2) is 1.78. The largest absolute Gasteiger partial charge is 0.360 e. The average molecular weight is 149 g/mol. The molecule has 0 amide bonds. The molecule has 9 heavy (non-hydrogen) atoms. The minimum atomic E-state index is -4.16. The summed E-state index contributed by atoms with van der Waals surface area (Å²) < 4.78 is 28.5. The maximum absolute atomic E-state index is 10.1. The zero-order valence-electron chi connectivity index (χ0n) is 4.14. The normalized spacial score (nSPS) is 17.2. The summed E-state index contributed by atoms with van der Waals surface area (Å²) in [5, 5.41) is 5.65. The Labute approximate surface area is 51.0 Å². The van der Waals surface area contributed by atoms with Gasteiger partial charge in [-0.05, 0) is 0 Å². The van der Waals surface area contributed by atoms with Crippen molar-refractivity contribution in [2.24, 2.45) is 5.22 Å². The van der Waals surface area contributed by atoms with E-state index < -0.39 is 15.1 Å². The molecule has 0 aliphatic carbocycles. The Kier molecular flexibility index (Phi) is 1.22. The fraction of sp³-hybridized carbons (Fsp3) is 0. The first-order chi connectivity index (χ1) is 4.11. The van der Waals surface area contributed by atoms with Gasteiger partial charge in [0.2, 0.25) is 0 Å². The van der Waals surface area contributed by atoms with Crippen LogP contribution in [0.1, 0.15) is 0 Å². The Hall–Kier alpha value is -0.950. The van der Waals surface area contributed by atoms with Crippen LogP contribution in [0.4, 0.5) is 0 Å². The molecule has 0 atom stereocenters. The molecule has 1 heterocycles. The lowest BCUT2D eigenvalue weighted by Gasteiger charge is -1.77. The van der Waals surface area contributed by atoms with Gasteiger partial charge in [-0.2, -0.15) is 8.42 Å². The van der Waals surface area contributed by atoms with Crippen molar-refractivity contribution < 1.29 is 13.0 Å². The Morgan fingerprint density at radius 3 is 2.67 bits per heavy atom. The van der Waals surface area contributed by atoms with Gasteiger partial charge in [-0.15, -0.1) is 5.43 Å². The van der Waals surface area contributed by atoms with Gasteiger partial charge >= 0.3 is 15.1 Å². The van der Waals surface area contributed by atoms with Crippen molar-refractivity contribution in [1.82, 2.24) is 10.5 Å². The second-order valence-electron chi connectivity index (χ2n) is 1.29. The van der Waals surface area contributed by atoms with E-state index in [9.17, 15) is 8.42 Å². The van der Waals surface area contributed by atoms with E-state index in [0.29, 0.717) is 0 Å². The van der Waals surface area contributed by atoms with Crippen molar-refractivity contribution in [3.8, 4) is 0 Å². The Balaban J connectivity index is 3.01. The zero-order chi connectivity index (χ0) is 6.91. The minimum absolute atomic E-state index is 0.470. The van der Waals surface area contributed by atoms with Gasteiger partial charge < -0.3 is 0 Å². The van der Waals surface area contributed by atoms with E-state index in [1.165, 1.54) is 0 Å². The van der Waals surface area contributed by atoms with Crippen LogP contribution in [-0.4, -0.2) is 13.0 Å². The molecule has 6 nitrogen and oxygen atoms in total. The molecule has 0 aromatic heterocycles. The molecular weight excluding hydrogens is 146 g/mol. The maximum Gasteiger partial charge on any atom is 0.360 e. The highest BCUT2D eigenvalue weighted by molar-refractivity contribution is 7.89. The molecule has 0 bridgehead atoms. The third-order valence-corrected chi connectivity index (χ3v) is 1.39. The van der Waals surface area contributed by atoms with Crippen LogP contribution in [0.5, 0.6) is 0 Å². The van der Waals surface area contributed by atoms with Gasteiger partial charge in [0.15, 0.2) is 6.20 Å². The molecule has 0 fully saturated rings. The van der Waals surface area contributed by atoms with Crippen LogP contribution in [0.2, 0.25) is 0 Å². The van der Waals surface area contributed by atoms with Crippen LogP contribution in [0.3, 0.4) is 0 Å². The van der Waals surface area contributed by atoms with E-state index in [1.54, 1.807) is 0 Å². The molecule has 49 valence electrons. The molecule has 7 heteroatoms. The van der Waals surface area contributed by atoms with Crippen molar-refractivity contribution in [1.29, 1.82) is 0 Å². The van der Waals surface area contributed by atoms with E-state index in [4.69, 9.17) is 4.55 Å². The summed E-state index contributed by atoms with van der Waals surface area (Å²) in [5.41, 5.74) is 2.14. The highest BCUT2D eigenvalue weighted by Crippen LogP contribution is 1.99. The molecule has 1 aliphatic rings. The molecule has 0 unspecified atom stereocenters. The fourth-order valence-corrected chi connectivity index (χ4v) is 0.663. The number of nitrogens with one attached hydrogen (secondary N) is 1. The molecular formula is C2H3N3O3S+. The van der Waals surface area contributed by atoms with E-state index in [1.807, 2.05) is 0 Å². The number of nitrogens with zero attached hydrogens (tertiary/aromatic N) is 2. The van der Waals surface area contributed by atoms with Crippen molar-refractivity contribution in [2.75, 3.05) is 0 Å². The molecule has 0 aromatic rings. The van der Waals surface area contributed by atoms with Gasteiger partial charge in [0.1, 0.15) is 5.22 Å². The molecule has 0 saturated carbocycles. The van der Waals surface area contributed by atoms with Gasteiger partial charge in [0, 0.05) is 0 Å². The summed E-state index contributed by atoms with van der Waals surface area (Å²) in [4.78, 5) is 0. The van der Waals surface area contributed by atoms with Crippen LogP contribution in [0.15, 0.2) is 16.5 Å². The van der Waals surface area contributed by atoms with Crippen LogP contribution >= 0.6 is 0 Å². The van der Waals surface area contributed by atoms with Gasteiger partial charge in [-0.25, -0.2) is 0 Å². The lowest BCUT2D eigenvalue weighted by atomic mass is 11.0. The summed E-state index contributed by atoms with van der Waals surface area (Å²) in [6.07, 6.45) is 0.981. The third kappa shape index (κ3) is 1.24. The van der Waals surface area contributed by atoms with Crippen LogP contribution in [0, 0.1) is 0 Å². The zero-order valence-corrected chi connectivity index (χ0v) is 4.96. The number of hydrogen-bond donors (Lipinski definition) is 2. The highest BCUT2D eigenvalue weighted by Gasteiger charge is 2.24. The summed E-state index contributed by atoms with van der Waals surface area (Å²) in [7, 11) is -4.16. The smallest absolute Gasteiger partial charge is 0.279 e. The molecule has 0 spiro atoms. The predicted octanol–water partition coefficient (Wildman–Crippen LogP) is -1.02. The highest BCUT2D eigenvalue weighted by atomic mass is 32.2. The Bertz CT molecular complexity index is 263. The quantitative estimate of drug-likeness (QED) is 0.466.